The highest BCUT2D eigenvalue weighted by Crippen LogP contribution is 2.24. The minimum atomic E-state index is -0.495. The predicted octanol–water partition coefficient (Wildman–Crippen LogP) is 3.65. The van der Waals surface area contributed by atoms with Crippen LogP contribution in [0.2, 0.25) is 0 Å². The molecule has 1 aromatic carbocycles. The Morgan fingerprint density at radius 2 is 2.03 bits per heavy atom. The van der Waals surface area contributed by atoms with Gasteiger partial charge in [-0.05, 0) is 54.7 Å². The molecule has 0 spiro atoms. The Morgan fingerprint density at radius 3 is 2.85 bits per heavy atom. The molecule has 3 aromatic heterocycles. The Hall–Kier alpha value is -3.58. The Morgan fingerprint density at radius 1 is 1.18 bits per heavy atom. The van der Waals surface area contributed by atoms with Crippen molar-refractivity contribution in [3.05, 3.63) is 77.9 Å². The first-order valence-electron chi connectivity index (χ1n) is 11.4. The number of pyridine rings is 2. The number of carbonyl (C=O) groups is 1. The molecule has 4 aromatic rings. The first-order chi connectivity index (χ1) is 16.1. The number of fused-ring (bicyclic) bond motifs is 1. The molecular formula is C26H27N5O2. The van der Waals surface area contributed by atoms with Gasteiger partial charge < -0.3 is 10.4 Å². The fourth-order valence-corrected chi connectivity index (χ4v) is 4.55. The molecule has 7 heteroatoms. The number of hydrogen-bond donors (Lipinski definition) is 2. The highest BCUT2D eigenvalue weighted by molar-refractivity contribution is 5.96. The summed E-state index contributed by atoms with van der Waals surface area (Å²) in [5, 5.41) is 18.5. The zero-order chi connectivity index (χ0) is 22.8. The fraction of sp³-hybridized carbons (Fsp3) is 0.308. The van der Waals surface area contributed by atoms with E-state index in [9.17, 15) is 9.90 Å². The number of nitrogens with one attached hydrogen (secondary N) is 1. The smallest absolute Gasteiger partial charge is 0.270 e. The van der Waals surface area contributed by atoms with Gasteiger partial charge >= 0.3 is 0 Å². The van der Waals surface area contributed by atoms with Crippen LogP contribution in [-0.2, 0) is 13.5 Å². The predicted molar refractivity (Wildman–Crippen MR) is 127 cm³/mol. The van der Waals surface area contributed by atoms with Gasteiger partial charge in [-0.15, -0.1) is 0 Å². The van der Waals surface area contributed by atoms with Gasteiger partial charge in [0.2, 0.25) is 0 Å². The van der Waals surface area contributed by atoms with E-state index in [-0.39, 0.29) is 11.9 Å². The van der Waals surface area contributed by atoms with Crippen LogP contribution in [-0.4, -0.2) is 42.9 Å². The Kier molecular flexibility index (Phi) is 5.88. The van der Waals surface area contributed by atoms with Crippen LogP contribution in [0.4, 0.5) is 0 Å². The SMILES string of the molecule is Cn1cc(-c2cc(Cc3cc(C(=O)N[C@H]4CCCC[C@@H]4O)nc4ccccc34)ccn2)cn1. The lowest BCUT2D eigenvalue weighted by Gasteiger charge is -2.28. The van der Waals surface area contributed by atoms with Crippen molar-refractivity contribution in [2.75, 3.05) is 0 Å². The Balaban J connectivity index is 1.46. The number of aliphatic hydroxyl groups excluding tert-OH is 1. The molecule has 2 atom stereocenters. The summed E-state index contributed by atoms with van der Waals surface area (Å²) < 4.78 is 1.76. The standard InChI is InChI=1S/C26H27N5O2/c1-31-16-19(15-28-31)23-13-17(10-11-27-23)12-18-14-24(29-21-7-3-2-6-20(18)21)26(33)30-22-8-4-5-9-25(22)32/h2-3,6-7,10-11,13-16,22,25,32H,4-5,8-9,12H2,1H3,(H,30,33)/t22-,25-/m0/s1. The van der Waals surface area contributed by atoms with Crippen LogP contribution in [0.5, 0.6) is 0 Å². The van der Waals surface area contributed by atoms with E-state index in [0.29, 0.717) is 12.1 Å². The average Bonchev–Trinajstić information content (AvgIpc) is 3.27. The Labute approximate surface area is 192 Å². The molecule has 168 valence electrons. The fourth-order valence-electron chi connectivity index (χ4n) is 4.55. The summed E-state index contributed by atoms with van der Waals surface area (Å²) in [6.45, 7) is 0. The third kappa shape index (κ3) is 4.64. The van der Waals surface area contributed by atoms with Gasteiger partial charge in [0.1, 0.15) is 5.69 Å². The summed E-state index contributed by atoms with van der Waals surface area (Å²) in [6.07, 6.45) is 9.23. The van der Waals surface area contributed by atoms with Gasteiger partial charge in [0.05, 0.1) is 29.6 Å². The van der Waals surface area contributed by atoms with Crippen molar-refractivity contribution >= 4 is 16.8 Å². The summed E-state index contributed by atoms with van der Waals surface area (Å²) in [6, 6.07) is 13.6. The van der Waals surface area contributed by atoms with Gasteiger partial charge in [-0.3, -0.25) is 14.5 Å². The van der Waals surface area contributed by atoms with Gasteiger partial charge in [0.25, 0.3) is 5.91 Å². The monoisotopic (exact) mass is 441 g/mol. The number of carbonyl (C=O) groups excluding carboxylic acids is 1. The average molecular weight is 442 g/mol. The van der Waals surface area contributed by atoms with E-state index < -0.39 is 6.10 Å². The molecule has 0 bridgehead atoms. The maximum absolute atomic E-state index is 13.0. The number of rotatable bonds is 5. The number of aromatic nitrogens is 4. The molecule has 1 saturated carbocycles. The van der Waals surface area contributed by atoms with Crippen LogP contribution in [0.25, 0.3) is 22.2 Å². The molecule has 7 nitrogen and oxygen atoms in total. The number of para-hydroxylation sites is 1. The number of aliphatic hydroxyl groups is 1. The lowest BCUT2D eigenvalue weighted by atomic mass is 9.92. The Bertz CT molecular complexity index is 1300. The normalized spacial score (nSPS) is 18.4. The maximum atomic E-state index is 13.0. The van der Waals surface area contributed by atoms with Gasteiger partial charge in [-0.1, -0.05) is 31.0 Å². The molecule has 1 aliphatic rings. The quantitative estimate of drug-likeness (QED) is 0.493. The van der Waals surface area contributed by atoms with Crippen molar-refractivity contribution in [2.45, 2.75) is 44.2 Å². The van der Waals surface area contributed by atoms with Crippen molar-refractivity contribution in [3.63, 3.8) is 0 Å². The van der Waals surface area contributed by atoms with E-state index in [1.54, 1.807) is 17.1 Å². The van der Waals surface area contributed by atoms with E-state index in [1.807, 2.05) is 49.6 Å². The summed E-state index contributed by atoms with van der Waals surface area (Å²) in [5.41, 5.74) is 5.11. The summed E-state index contributed by atoms with van der Waals surface area (Å²) >= 11 is 0. The molecule has 2 N–H and O–H groups in total. The highest BCUT2D eigenvalue weighted by atomic mass is 16.3. The second-order valence-electron chi connectivity index (χ2n) is 8.74. The van der Waals surface area contributed by atoms with Gasteiger partial charge in [0, 0.05) is 30.4 Å². The molecule has 3 heterocycles. The molecule has 1 amide bonds. The molecule has 0 saturated heterocycles. The van der Waals surface area contributed by atoms with Crippen LogP contribution in [0.1, 0.15) is 47.3 Å². The van der Waals surface area contributed by atoms with E-state index in [2.05, 4.69) is 26.4 Å². The largest absolute Gasteiger partial charge is 0.391 e. The lowest BCUT2D eigenvalue weighted by Crippen LogP contribution is -2.45. The molecule has 1 fully saturated rings. The number of amides is 1. The van der Waals surface area contributed by atoms with E-state index in [4.69, 9.17) is 0 Å². The van der Waals surface area contributed by atoms with Crippen molar-refractivity contribution in [1.82, 2.24) is 25.1 Å². The zero-order valence-electron chi connectivity index (χ0n) is 18.6. The molecule has 1 aliphatic carbocycles. The van der Waals surface area contributed by atoms with Crippen molar-refractivity contribution in [3.8, 4) is 11.3 Å². The van der Waals surface area contributed by atoms with Gasteiger partial charge in [-0.2, -0.15) is 5.10 Å². The molecule has 0 aliphatic heterocycles. The minimum absolute atomic E-state index is 0.217. The summed E-state index contributed by atoms with van der Waals surface area (Å²) in [7, 11) is 1.88. The first kappa shape index (κ1) is 21.3. The first-order valence-corrected chi connectivity index (χ1v) is 11.4. The third-order valence-corrected chi connectivity index (χ3v) is 6.30. The third-order valence-electron chi connectivity index (χ3n) is 6.30. The van der Waals surface area contributed by atoms with E-state index in [0.717, 1.165) is 59.0 Å². The van der Waals surface area contributed by atoms with Crippen molar-refractivity contribution in [1.29, 1.82) is 0 Å². The number of aryl methyl sites for hydroxylation is 1. The molecular weight excluding hydrogens is 414 g/mol. The van der Waals surface area contributed by atoms with Crippen LogP contribution >= 0.6 is 0 Å². The van der Waals surface area contributed by atoms with E-state index >= 15 is 0 Å². The molecule has 33 heavy (non-hydrogen) atoms. The highest BCUT2D eigenvalue weighted by Gasteiger charge is 2.25. The second kappa shape index (κ2) is 9.11. The summed E-state index contributed by atoms with van der Waals surface area (Å²) in [5.74, 6) is -0.237. The molecule has 5 rings (SSSR count). The number of nitrogens with zero attached hydrogens (tertiary/aromatic N) is 4. The topological polar surface area (TPSA) is 92.9 Å². The lowest BCUT2D eigenvalue weighted by molar-refractivity contribution is 0.0714. The van der Waals surface area contributed by atoms with Crippen LogP contribution in [0.15, 0.2) is 61.1 Å². The minimum Gasteiger partial charge on any atom is -0.391 e. The molecule has 0 unspecified atom stereocenters. The van der Waals surface area contributed by atoms with Gasteiger partial charge in [0.15, 0.2) is 0 Å². The zero-order valence-corrected chi connectivity index (χ0v) is 18.6. The van der Waals surface area contributed by atoms with E-state index in [1.165, 1.54) is 0 Å². The van der Waals surface area contributed by atoms with Gasteiger partial charge in [-0.25, -0.2) is 4.98 Å². The van der Waals surface area contributed by atoms with Crippen molar-refractivity contribution in [2.24, 2.45) is 7.05 Å². The summed E-state index contributed by atoms with van der Waals surface area (Å²) in [4.78, 5) is 22.2. The maximum Gasteiger partial charge on any atom is 0.270 e. The number of hydrogen-bond acceptors (Lipinski definition) is 5. The number of benzene rings is 1. The van der Waals surface area contributed by atoms with Crippen LogP contribution < -0.4 is 5.32 Å². The molecule has 0 radical (unpaired) electrons. The van der Waals surface area contributed by atoms with Crippen LogP contribution in [0.3, 0.4) is 0 Å². The van der Waals surface area contributed by atoms with Crippen molar-refractivity contribution < 1.29 is 9.90 Å². The van der Waals surface area contributed by atoms with Crippen LogP contribution in [0, 0.1) is 0 Å². The second-order valence-corrected chi connectivity index (χ2v) is 8.74.